The lowest BCUT2D eigenvalue weighted by molar-refractivity contribution is -0.119. The van der Waals surface area contributed by atoms with E-state index in [1.54, 1.807) is 36.9 Å². The molecule has 10 heteroatoms. The number of nitrogens with zero attached hydrogens (tertiary/aromatic N) is 4. The molecule has 9 nitrogen and oxygen atoms in total. The highest BCUT2D eigenvalue weighted by Gasteiger charge is 2.20. The number of aryl methyl sites for hydroxylation is 3. The second-order valence-corrected chi connectivity index (χ2v) is 9.16. The van der Waals surface area contributed by atoms with Crippen molar-refractivity contribution < 1.29 is 19.1 Å². The molecule has 1 saturated heterocycles. The molecule has 3 heterocycles. The van der Waals surface area contributed by atoms with Crippen LogP contribution in [0.5, 0.6) is 0 Å². The summed E-state index contributed by atoms with van der Waals surface area (Å²) in [7, 11) is 0. The number of esters is 1. The van der Waals surface area contributed by atoms with E-state index in [9.17, 15) is 9.59 Å². The van der Waals surface area contributed by atoms with E-state index < -0.39 is 18.5 Å². The number of ether oxygens (including phenoxy) is 2. The smallest absolute Gasteiger partial charge is 0.339 e. The molecule has 2 aromatic heterocycles. The Morgan fingerprint density at radius 2 is 1.91 bits per heavy atom. The monoisotopic (exact) mass is 481 g/mol. The molecule has 1 fully saturated rings. The average Bonchev–Trinajstić information content (AvgIpc) is 3.45. The Morgan fingerprint density at radius 1 is 1.15 bits per heavy atom. The minimum absolute atomic E-state index is 0.203. The lowest BCUT2D eigenvalue weighted by Crippen LogP contribution is -2.23. The minimum atomic E-state index is -0.548. The molecule has 34 heavy (non-hydrogen) atoms. The zero-order valence-corrected chi connectivity index (χ0v) is 20.2. The van der Waals surface area contributed by atoms with Crippen LogP contribution in [0.1, 0.15) is 40.3 Å². The normalized spacial score (nSPS) is 15.3. The molecule has 0 radical (unpaired) electrons. The average molecular weight is 482 g/mol. The van der Waals surface area contributed by atoms with Crippen molar-refractivity contribution >= 4 is 29.5 Å². The van der Waals surface area contributed by atoms with Gasteiger partial charge in [0, 0.05) is 34.7 Å². The molecule has 1 aliphatic rings. The lowest BCUT2D eigenvalue weighted by atomic mass is 10.2. The van der Waals surface area contributed by atoms with Crippen LogP contribution in [0.25, 0.3) is 5.95 Å². The maximum Gasteiger partial charge on any atom is 0.339 e. The lowest BCUT2D eigenvalue weighted by Gasteiger charge is -2.12. The Morgan fingerprint density at radius 3 is 2.65 bits per heavy atom. The summed E-state index contributed by atoms with van der Waals surface area (Å²) in [6, 6.07) is 10.8. The molecule has 4 rings (SSSR count). The minimum Gasteiger partial charge on any atom is -0.452 e. The van der Waals surface area contributed by atoms with Crippen LogP contribution in [-0.2, 0) is 14.3 Å². The van der Waals surface area contributed by atoms with Gasteiger partial charge in [-0.25, -0.2) is 14.8 Å². The number of hydrogen-bond donors (Lipinski definition) is 1. The number of carbonyl (C=O) groups excluding carboxylic acids is 2. The fourth-order valence-corrected chi connectivity index (χ4v) is 4.76. The van der Waals surface area contributed by atoms with Crippen molar-refractivity contribution in [2.24, 2.45) is 0 Å². The number of anilines is 1. The summed E-state index contributed by atoms with van der Waals surface area (Å²) in [4.78, 5) is 34.9. The number of amides is 1. The molecular weight excluding hydrogens is 454 g/mol. The Bertz CT molecular complexity index is 1170. The van der Waals surface area contributed by atoms with Crippen LogP contribution in [0, 0.1) is 20.8 Å². The maximum atomic E-state index is 12.7. The zero-order chi connectivity index (χ0) is 24.1. The van der Waals surface area contributed by atoms with Crippen molar-refractivity contribution in [2.45, 2.75) is 44.6 Å². The highest BCUT2D eigenvalue weighted by atomic mass is 32.2. The number of benzene rings is 1. The molecule has 0 spiro atoms. The largest absolute Gasteiger partial charge is 0.452 e. The Hall–Kier alpha value is -3.24. The van der Waals surface area contributed by atoms with Crippen molar-refractivity contribution in [1.82, 2.24) is 19.7 Å². The van der Waals surface area contributed by atoms with Crippen LogP contribution < -0.4 is 5.32 Å². The van der Waals surface area contributed by atoms with E-state index in [1.165, 1.54) is 4.68 Å². The fourth-order valence-electron chi connectivity index (χ4n) is 3.65. The van der Waals surface area contributed by atoms with E-state index in [-0.39, 0.29) is 6.10 Å². The molecule has 3 aromatic rings. The van der Waals surface area contributed by atoms with Gasteiger partial charge >= 0.3 is 5.97 Å². The Kier molecular flexibility index (Phi) is 7.59. The number of carbonyl (C=O) groups is 2. The van der Waals surface area contributed by atoms with Crippen molar-refractivity contribution in [3.8, 4) is 5.95 Å². The first-order valence-corrected chi connectivity index (χ1v) is 12.1. The molecule has 1 aromatic carbocycles. The van der Waals surface area contributed by atoms with Crippen molar-refractivity contribution in [3.63, 3.8) is 0 Å². The molecule has 178 valence electrons. The van der Waals surface area contributed by atoms with Gasteiger partial charge in [0.25, 0.3) is 11.9 Å². The first kappa shape index (κ1) is 23.9. The van der Waals surface area contributed by atoms with Gasteiger partial charge in [-0.1, -0.05) is 12.1 Å². The van der Waals surface area contributed by atoms with Gasteiger partial charge in [0.1, 0.15) is 5.82 Å². The predicted molar refractivity (Wildman–Crippen MR) is 128 cm³/mol. The molecule has 1 amide bonds. The Balaban J connectivity index is 1.38. The van der Waals surface area contributed by atoms with Gasteiger partial charge in [-0.2, -0.15) is 9.78 Å². The summed E-state index contributed by atoms with van der Waals surface area (Å²) in [6.07, 6.45) is 2.30. The van der Waals surface area contributed by atoms with Crippen molar-refractivity contribution in [2.75, 3.05) is 24.3 Å². The van der Waals surface area contributed by atoms with Crippen LogP contribution in [-0.4, -0.2) is 56.7 Å². The number of nitrogens with one attached hydrogen (secondary N) is 1. The molecule has 1 unspecified atom stereocenters. The van der Waals surface area contributed by atoms with Crippen LogP contribution in [0.15, 0.2) is 41.3 Å². The highest BCUT2D eigenvalue weighted by Crippen LogP contribution is 2.27. The predicted octanol–water partition coefficient (Wildman–Crippen LogP) is 3.65. The van der Waals surface area contributed by atoms with Gasteiger partial charge in [-0.15, -0.1) is 11.8 Å². The summed E-state index contributed by atoms with van der Waals surface area (Å²) < 4.78 is 12.4. The summed E-state index contributed by atoms with van der Waals surface area (Å²) in [6.45, 7) is 5.89. The van der Waals surface area contributed by atoms with Gasteiger partial charge in [-0.05, 0) is 51.8 Å². The maximum absolute atomic E-state index is 12.7. The van der Waals surface area contributed by atoms with Gasteiger partial charge in [0.2, 0.25) is 0 Å². The number of thioether (sulfide) groups is 1. The number of hydrogen-bond acceptors (Lipinski definition) is 8. The summed E-state index contributed by atoms with van der Waals surface area (Å²) in [5, 5.41) is 7.11. The van der Waals surface area contributed by atoms with E-state index >= 15 is 0 Å². The van der Waals surface area contributed by atoms with Gasteiger partial charge in [0.05, 0.1) is 17.4 Å². The van der Waals surface area contributed by atoms with Gasteiger partial charge in [-0.3, -0.25) is 4.79 Å². The number of aromatic nitrogens is 4. The van der Waals surface area contributed by atoms with Crippen LogP contribution in [0.3, 0.4) is 0 Å². The van der Waals surface area contributed by atoms with E-state index in [0.29, 0.717) is 23.0 Å². The molecule has 1 N–H and O–H groups in total. The first-order chi connectivity index (χ1) is 16.4. The molecule has 0 saturated carbocycles. The highest BCUT2D eigenvalue weighted by molar-refractivity contribution is 7.99. The van der Waals surface area contributed by atoms with E-state index in [4.69, 9.17) is 9.47 Å². The third kappa shape index (κ3) is 6.00. The quantitative estimate of drug-likeness (QED) is 0.384. The molecular formula is C24H27N5O4S. The standard InChI is InChI=1S/C24H27N5O4S/c1-15-11-16(2)26-24(25-15)29-21(12-17(3)28-29)27-22(30)13-33-23(31)19-8-4-5-9-20(19)34-14-18-7-6-10-32-18/h4-5,8-9,11-12,18H,6-7,10,13-14H2,1-3H3,(H,27,30). The fraction of sp³-hybridized carbons (Fsp3) is 0.375. The number of rotatable bonds is 8. The second-order valence-electron chi connectivity index (χ2n) is 8.10. The third-order valence-electron chi connectivity index (χ3n) is 5.15. The third-order valence-corrected chi connectivity index (χ3v) is 6.35. The van der Waals surface area contributed by atoms with Crippen molar-refractivity contribution in [3.05, 3.63) is 59.0 Å². The SMILES string of the molecule is Cc1cc(C)nc(-n2nc(C)cc2NC(=O)COC(=O)c2ccccc2SCC2CCCO2)n1. The molecule has 1 atom stereocenters. The summed E-state index contributed by atoms with van der Waals surface area (Å²) >= 11 is 1.56. The van der Waals surface area contributed by atoms with Crippen LogP contribution >= 0.6 is 11.8 Å². The molecule has 1 aliphatic heterocycles. The van der Waals surface area contributed by atoms with Crippen molar-refractivity contribution in [1.29, 1.82) is 0 Å². The zero-order valence-electron chi connectivity index (χ0n) is 19.4. The van der Waals surface area contributed by atoms with Gasteiger partial charge in [0.15, 0.2) is 6.61 Å². The topological polar surface area (TPSA) is 108 Å². The summed E-state index contributed by atoms with van der Waals surface area (Å²) in [5.74, 6) is 0.497. The Labute approximate surface area is 202 Å². The first-order valence-electron chi connectivity index (χ1n) is 11.1. The molecule has 0 bridgehead atoms. The van der Waals surface area contributed by atoms with Gasteiger partial charge < -0.3 is 14.8 Å². The molecule has 0 aliphatic carbocycles. The summed E-state index contributed by atoms with van der Waals surface area (Å²) in [5.41, 5.74) is 2.70. The van der Waals surface area contributed by atoms with E-state index in [2.05, 4.69) is 20.4 Å². The second kappa shape index (κ2) is 10.8. The van der Waals surface area contributed by atoms with E-state index in [0.717, 1.165) is 41.5 Å². The van der Waals surface area contributed by atoms with Crippen LogP contribution in [0.2, 0.25) is 0 Å². The van der Waals surface area contributed by atoms with Crippen LogP contribution in [0.4, 0.5) is 5.82 Å². The van der Waals surface area contributed by atoms with E-state index in [1.807, 2.05) is 32.0 Å².